The molecule has 0 N–H and O–H groups in total. The number of fused-ring (bicyclic) bond motifs is 4. The van der Waals surface area contributed by atoms with Gasteiger partial charge in [0.15, 0.2) is 0 Å². The molecule has 0 saturated heterocycles. The lowest BCUT2D eigenvalue weighted by atomic mass is 9.50. The van der Waals surface area contributed by atoms with Gasteiger partial charge in [-0.3, -0.25) is 4.79 Å². The first kappa shape index (κ1) is 23.4. The Labute approximate surface area is 174 Å². The second kappa shape index (κ2) is 10.2. The summed E-state index contributed by atoms with van der Waals surface area (Å²) in [5.41, 5.74) is 3.43. The molecule has 2 heteroatoms. The monoisotopic (exact) mass is 388 g/mol. The van der Waals surface area contributed by atoms with Crippen molar-refractivity contribution in [2.45, 2.75) is 98.5 Å². The predicted octanol–water partition coefficient (Wildman–Crippen LogP) is 7.14. The second-order valence-corrected chi connectivity index (χ2v) is 8.93. The first-order chi connectivity index (χ1) is 13.6. The normalized spacial score (nSPS) is 38.8. The van der Waals surface area contributed by atoms with Crippen LogP contribution >= 0.6 is 0 Å². The van der Waals surface area contributed by atoms with Crippen LogP contribution in [0.25, 0.3) is 0 Å². The first-order valence-corrected chi connectivity index (χ1v) is 12.0. The smallest absolute Gasteiger partial charge is 0.139 e. The SMILES string of the molecule is C=CCC1CC2(C)C(=O)CCC2C2CCC3=C(CCC(OC)C3)C12.CC.CC. The number of rotatable bonds is 3. The minimum atomic E-state index is -0.0450. The lowest BCUT2D eigenvalue weighted by molar-refractivity contribution is -0.132. The Kier molecular flexibility index (Phi) is 8.55. The maximum absolute atomic E-state index is 12.7. The fourth-order valence-corrected chi connectivity index (χ4v) is 6.90. The summed E-state index contributed by atoms with van der Waals surface area (Å²) < 4.78 is 5.65. The highest BCUT2D eigenvalue weighted by Crippen LogP contribution is 2.62. The van der Waals surface area contributed by atoms with Crippen molar-refractivity contribution >= 4 is 5.78 Å². The van der Waals surface area contributed by atoms with Gasteiger partial charge in [0.1, 0.15) is 5.78 Å². The number of hydrogen-bond acceptors (Lipinski definition) is 2. The molecular weight excluding hydrogens is 344 g/mol. The number of Topliss-reactive ketones (excluding diaryl/α,β-unsaturated/α-hetero) is 1. The molecule has 4 rings (SSSR count). The largest absolute Gasteiger partial charge is 0.381 e. The van der Waals surface area contributed by atoms with E-state index in [4.69, 9.17) is 4.74 Å². The number of hydrogen-bond donors (Lipinski definition) is 0. The summed E-state index contributed by atoms with van der Waals surface area (Å²) in [6, 6.07) is 0. The van der Waals surface area contributed by atoms with Gasteiger partial charge in [0, 0.05) is 18.9 Å². The number of ether oxygens (including phenoxy) is 1. The molecule has 0 aromatic rings. The average molecular weight is 389 g/mol. The minimum absolute atomic E-state index is 0.0450. The van der Waals surface area contributed by atoms with E-state index in [1.165, 1.54) is 25.7 Å². The summed E-state index contributed by atoms with van der Waals surface area (Å²) >= 11 is 0. The van der Waals surface area contributed by atoms with Crippen molar-refractivity contribution in [2.24, 2.45) is 29.1 Å². The molecule has 0 aromatic carbocycles. The van der Waals surface area contributed by atoms with Gasteiger partial charge in [0.2, 0.25) is 0 Å². The van der Waals surface area contributed by atoms with Crippen LogP contribution in [-0.4, -0.2) is 19.0 Å². The van der Waals surface area contributed by atoms with Gasteiger partial charge in [-0.15, -0.1) is 6.58 Å². The molecule has 0 aromatic heterocycles. The van der Waals surface area contributed by atoms with E-state index in [9.17, 15) is 4.79 Å². The molecule has 160 valence electrons. The van der Waals surface area contributed by atoms with Crippen LogP contribution in [0.1, 0.15) is 92.4 Å². The minimum Gasteiger partial charge on any atom is -0.381 e. The van der Waals surface area contributed by atoms with E-state index < -0.39 is 0 Å². The van der Waals surface area contributed by atoms with Crippen LogP contribution in [-0.2, 0) is 9.53 Å². The van der Waals surface area contributed by atoms with Crippen molar-refractivity contribution in [3.05, 3.63) is 23.8 Å². The van der Waals surface area contributed by atoms with Crippen molar-refractivity contribution in [2.75, 3.05) is 7.11 Å². The van der Waals surface area contributed by atoms with Crippen LogP contribution < -0.4 is 0 Å². The van der Waals surface area contributed by atoms with E-state index in [1.54, 1.807) is 11.1 Å². The molecule has 2 saturated carbocycles. The van der Waals surface area contributed by atoms with E-state index >= 15 is 0 Å². The van der Waals surface area contributed by atoms with Crippen LogP contribution in [0.5, 0.6) is 0 Å². The molecule has 28 heavy (non-hydrogen) atoms. The van der Waals surface area contributed by atoms with Gasteiger partial charge in [-0.1, -0.05) is 51.8 Å². The number of ketones is 1. The summed E-state index contributed by atoms with van der Waals surface area (Å²) in [5.74, 6) is 3.25. The zero-order valence-corrected chi connectivity index (χ0v) is 19.4. The molecule has 0 radical (unpaired) electrons. The second-order valence-electron chi connectivity index (χ2n) is 8.93. The predicted molar refractivity (Wildman–Crippen MR) is 119 cm³/mol. The standard InChI is InChI=1S/C22H32O2.2C2H6/c1-4-5-15-13-22(2)19(10-11-20(22)23)18-8-6-14-12-16(24-3)7-9-17(14)21(15)18;2*1-2/h4,15-16,18-19,21H,1,5-13H2,2-3H3;2*1-2H3. The van der Waals surface area contributed by atoms with E-state index in [-0.39, 0.29) is 5.41 Å². The lowest BCUT2D eigenvalue weighted by Crippen LogP contribution is -2.48. The van der Waals surface area contributed by atoms with Gasteiger partial charge >= 0.3 is 0 Å². The fraction of sp³-hybridized carbons (Fsp3) is 0.808. The van der Waals surface area contributed by atoms with Crippen molar-refractivity contribution in [1.29, 1.82) is 0 Å². The number of carbonyl (C=O) groups is 1. The molecule has 0 bridgehead atoms. The zero-order valence-electron chi connectivity index (χ0n) is 19.4. The molecule has 0 amide bonds. The topological polar surface area (TPSA) is 26.3 Å². The Morgan fingerprint density at radius 3 is 2.46 bits per heavy atom. The number of allylic oxidation sites excluding steroid dienone is 2. The molecular formula is C26H44O2. The molecule has 0 spiro atoms. The van der Waals surface area contributed by atoms with E-state index in [2.05, 4.69) is 19.6 Å². The third-order valence-corrected chi connectivity index (χ3v) is 7.96. The third-order valence-electron chi connectivity index (χ3n) is 7.96. The molecule has 0 aliphatic heterocycles. The Morgan fingerprint density at radius 1 is 1.11 bits per heavy atom. The van der Waals surface area contributed by atoms with Gasteiger partial charge < -0.3 is 4.74 Å². The Hall–Kier alpha value is -0.890. The maximum Gasteiger partial charge on any atom is 0.139 e. The van der Waals surface area contributed by atoms with Crippen molar-refractivity contribution in [3.8, 4) is 0 Å². The highest BCUT2D eigenvalue weighted by atomic mass is 16.5. The number of carbonyl (C=O) groups excluding carboxylic acids is 1. The number of methoxy groups -OCH3 is 1. The molecule has 2 fully saturated rings. The highest BCUT2D eigenvalue weighted by molar-refractivity contribution is 5.87. The van der Waals surface area contributed by atoms with E-state index in [0.29, 0.717) is 29.6 Å². The van der Waals surface area contributed by atoms with Gasteiger partial charge in [-0.2, -0.15) is 0 Å². The van der Waals surface area contributed by atoms with Gasteiger partial charge in [0.25, 0.3) is 0 Å². The van der Waals surface area contributed by atoms with E-state index in [1.807, 2.05) is 34.8 Å². The Balaban J connectivity index is 0.000000660. The van der Waals surface area contributed by atoms with Crippen molar-refractivity contribution < 1.29 is 9.53 Å². The first-order valence-electron chi connectivity index (χ1n) is 12.0. The molecule has 4 aliphatic carbocycles. The zero-order chi connectivity index (χ0) is 20.9. The van der Waals surface area contributed by atoms with Crippen molar-refractivity contribution in [1.82, 2.24) is 0 Å². The molecule has 6 unspecified atom stereocenters. The van der Waals surface area contributed by atoms with Gasteiger partial charge in [0.05, 0.1) is 6.10 Å². The summed E-state index contributed by atoms with van der Waals surface area (Å²) in [4.78, 5) is 12.7. The fourth-order valence-electron chi connectivity index (χ4n) is 6.90. The summed E-state index contributed by atoms with van der Waals surface area (Å²) in [7, 11) is 1.86. The van der Waals surface area contributed by atoms with Crippen LogP contribution in [0.4, 0.5) is 0 Å². The van der Waals surface area contributed by atoms with Crippen LogP contribution in [0.15, 0.2) is 23.8 Å². The highest BCUT2D eigenvalue weighted by Gasteiger charge is 2.57. The van der Waals surface area contributed by atoms with Crippen LogP contribution in [0.2, 0.25) is 0 Å². The van der Waals surface area contributed by atoms with Gasteiger partial charge in [-0.05, 0) is 75.0 Å². The van der Waals surface area contributed by atoms with Crippen molar-refractivity contribution in [3.63, 3.8) is 0 Å². The quantitative estimate of drug-likeness (QED) is 0.480. The maximum atomic E-state index is 12.7. The average Bonchev–Trinajstić information content (AvgIpc) is 3.04. The van der Waals surface area contributed by atoms with E-state index in [0.717, 1.165) is 38.0 Å². The third kappa shape index (κ3) is 4.04. The summed E-state index contributed by atoms with van der Waals surface area (Å²) in [5, 5.41) is 0. The summed E-state index contributed by atoms with van der Waals surface area (Å²) in [6.07, 6.45) is 12.7. The lowest BCUT2D eigenvalue weighted by Gasteiger charge is -2.54. The Bertz CT molecular complexity index is 575. The van der Waals surface area contributed by atoms with Crippen LogP contribution in [0.3, 0.4) is 0 Å². The Morgan fingerprint density at radius 2 is 1.82 bits per heavy atom. The van der Waals surface area contributed by atoms with Crippen LogP contribution in [0, 0.1) is 29.1 Å². The molecule has 4 aliphatic rings. The summed E-state index contributed by atoms with van der Waals surface area (Å²) in [6.45, 7) is 14.3. The molecule has 0 heterocycles. The van der Waals surface area contributed by atoms with Gasteiger partial charge in [-0.25, -0.2) is 0 Å². The molecule has 6 atom stereocenters. The molecule has 2 nitrogen and oxygen atoms in total.